The Bertz CT molecular complexity index is 810. The molecular weight excluding hydrogens is 337 g/mol. The van der Waals surface area contributed by atoms with Crippen LogP contribution in [0.3, 0.4) is 0 Å². The van der Waals surface area contributed by atoms with Crippen LogP contribution in [0.2, 0.25) is 0 Å². The van der Waals surface area contributed by atoms with Gasteiger partial charge in [-0.25, -0.2) is 14.0 Å². The largest absolute Gasteiger partial charge is 0.468 e. The third-order valence-electron chi connectivity index (χ3n) is 4.80. The van der Waals surface area contributed by atoms with E-state index < -0.39 is 46.4 Å². The standard InChI is InChI=1S/C15H22FN3O6/c1-7-6-19(12(22)18-8(7)20)10-14(3,16)15(4,23)9(25-10)13(2,17)11(21)24-5/h6,9-10,23H,17H2,1-5H3,(H,18,20,22)/t9-,10+,13?,14+,15+/m1/s1. The Labute approximate surface area is 142 Å². The topological polar surface area (TPSA) is 137 Å². The van der Waals surface area contributed by atoms with Crippen molar-refractivity contribution >= 4 is 5.97 Å². The number of ether oxygens (including phenoxy) is 2. The number of esters is 1. The van der Waals surface area contributed by atoms with Crippen molar-refractivity contribution in [3.8, 4) is 0 Å². The highest BCUT2D eigenvalue weighted by atomic mass is 19.1. The van der Waals surface area contributed by atoms with Crippen molar-refractivity contribution in [2.75, 3.05) is 7.11 Å². The highest BCUT2D eigenvalue weighted by Gasteiger charge is 2.68. The smallest absolute Gasteiger partial charge is 0.330 e. The molecule has 0 aliphatic carbocycles. The zero-order valence-corrected chi connectivity index (χ0v) is 14.6. The Kier molecular flexibility index (Phi) is 4.44. The summed E-state index contributed by atoms with van der Waals surface area (Å²) in [4.78, 5) is 37.6. The van der Waals surface area contributed by atoms with Crippen LogP contribution in [0.15, 0.2) is 15.8 Å². The van der Waals surface area contributed by atoms with Crippen LogP contribution in [-0.2, 0) is 14.3 Å². The molecule has 1 fully saturated rings. The summed E-state index contributed by atoms with van der Waals surface area (Å²) in [5.41, 5.74) is -2.10. The van der Waals surface area contributed by atoms with Crippen LogP contribution in [0.25, 0.3) is 0 Å². The Balaban J connectivity index is 2.61. The van der Waals surface area contributed by atoms with Crippen molar-refractivity contribution in [1.82, 2.24) is 9.55 Å². The van der Waals surface area contributed by atoms with Crippen molar-refractivity contribution in [3.05, 3.63) is 32.6 Å². The van der Waals surface area contributed by atoms with E-state index in [4.69, 9.17) is 10.5 Å². The van der Waals surface area contributed by atoms with Crippen LogP contribution in [0.5, 0.6) is 0 Å². The van der Waals surface area contributed by atoms with E-state index in [1.165, 1.54) is 13.8 Å². The number of H-pyrrole nitrogens is 1. The molecule has 25 heavy (non-hydrogen) atoms. The number of aromatic nitrogens is 2. The molecule has 1 unspecified atom stereocenters. The van der Waals surface area contributed by atoms with Crippen LogP contribution in [0, 0.1) is 6.92 Å². The number of nitrogens with zero attached hydrogens (tertiary/aromatic N) is 1. The molecule has 0 amide bonds. The lowest BCUT2D eigenvalue weighted by Crippen LogP contribution is -2.65. The van der Waals surface area contributed by atoms with Crippen LogP contribution in [0.4, 0.5) is 4.39 Å². The predicted molar refractivity (Wildman–Crippen MR) is 84.7 cm³/mol. The highest BCUT2D eigenvalue weighted by molar-refractivity contribution is 5.81. The third-order valence-corrected chi connectivity index (χ3v) is 4.80. The van der Waals surface area contributed by atoms with Crippen molar-refractivity contribution in [2.24, 2.45) is 5.73 Å². The van der Waals surface area contributed by atoms with Gasteiger partial charge in [-0.3, -0.25) is 14.3 Å². The van der Waals surface area contributed by atoms with Gasteiger partial charge in [0.2, 0.25) is 0 Å². The van der Waals surface area contributed by atoms with E-state index in [2.05, 4.69) is 4.74 Å². The van der Waals surface area contributed by atoms with Crippen LogP contribution in [0.1, 0.15) is 32.6 Å². The van der Waals surface area contributed by atoms with Crippen molar-refractivity contribution < 1.29 is 23.8 Å². The van der Waals surface area contributed by atoms with E-state index in [1.807, 2.05) is 4.98 Å². The molecule has 1 aromatic rings. The second-order valence-electron chi connectivity index (χ2n) is 6.84. The maximum Gasteiger partial charge on any atom is 0.330 e. The monoisotopic (exact) mass is 359 g/mol. The van der Waals surface area contributed by atoms with E-state index in [0.717, 1.165) is 31.7 Å². The van der Waals surface area contributed by atoms with E-state index in [-0.39, 0.29) is 5.56 Å². The lowest BCUT2D eigenvalue weighted by atomic mass is 9.77. The van der Waals surface area contributed by atoms with Gasteiger partial charge < -0.3 is 20.3 Å². The minimum Gasteiger partial charge on any atom is -0.468 e. The number of nitrogens with one attached hydrogen (secondary N) is 1. The molecule has 0 saturated carbocycles. The molecule has 0 aromatic carbocycles. The third kappa shape index (κ3) is 2.70. The predicted octanol–water partition coefficient (Wildman–Crippen LogP) is -0.888. The number of rotatable bonds is 3. The fourth-order valence-electron chi connectivity index (χ4n) is 3.03. The van der Waals surface area contributed by atoms with Crippen molar-refractivity contribution in [2.45, 2.75) is 56.8 Å². The molecule has 1 saturated heterocycles. The minimum absolute atomic E-state index is 0.144. The SMILES string of the molecule is COC(=O)C(C)(N)[C@H]1O[C@H](n2cc(C)c(=O)[nH]c2=O)[C@](C)(F)[C@@]1(C)O. The number of carbonyl (C=O) groups is 1. The van der Waals surface area contributed by atoms with Crippen LogP contribution >= 0.6 is 0 Å². The van der Waals surface area contributed by atoms with E-state index in [9.17, 15) is 19.5 Å². The average molecular weight is 359 g/mol. The molecule has 9 nitrogen and oxygen atoms in total. The van der Waals surface area contributed by atoms with Gasteiger partial charge in [0.05, 0.1) is 7.11 Å². The summed E-state index contributed by atoms with van der Waals surface area (Å²) in [5, 5.41) is 10.7. The Morgan fingerprint density at radius 2 is 2.08 bits per heavy atom. The first-order valence-electron chi connectivity index (χ1n) is 7.54. The van der Waals surface area contributed by atoms with Gasteiger partial charge in [-0.1, -0.05) is 0 Å². The molecule has 2 rings (SSSR count). The van der Waals surface area contributed by atoms with Gasteiger partial charge in [-0.15, -0.1) is 0 Å². The number of carbonyl (C=O) groups excluding carboxylic acids is 1. The molecule has 0 radical (unpaired) electrons. The van der Waals surface area contributed by atoms with E-state index in [0.29, 0.717) is 0 Å². The number of aryl methyl sites for hydroxylation is 1. The normalized spacial score (nSPS) is 34.6. The molecule has 5 atom stereocenters. The maximum absolute atomic E-state index is 15.5. The fourth-order valence-corrected chi connectivity index (χ4v) is 3.03. The summed E-state index contributed by atoms with van der Waals surface area (Å²) in [6.45, 7) is 4.81. The molecule has 2 heterocycles. The highest BCUT2D eigenvalue weighted by Crippen LogP contribution is 2.50. The van der Waals surface area contributed by atoms with Crippen LogP contribution < -0.4 is 17.0 Å². The summed E-state index contributed by atoms with van der Waals surface area (Å²) in [7, 11) is 1.10. The van der Waals surface area contributed by atoms with Crippen LogP contribution in [-0.4, -0.2) is 50.6 Å². The summed E-state index contributed by atoms with van der Waals surface area (Å²) in [5.74, 6) is -0.917. The minimum atomic E-state index is -2.51. The maximum atomic E-state index is 15.5. The Morgan fingerprint density at radius 3 is 2.60 bits per heavy atom. The number of aromatic amines is 1. The number of hydrogen-bond donors (Lipinski definition) is 3. The zero-order valence-electron chi connectivity index (χ0n) is 14.6. The lowest BCUT2D eigenvalue weighted by Gasteiger charge is -2.38. The zero-order chi connectivity index (χ0) is 19.4. The van der Waals surface area contributed by atoms with Gasteiger partial charge in [-0.2, -0.15) is 0 Å². The number of nitrogens with two attached hydrogens (primary N) is 1. The Hall–Kier alpha value is -2.04. The number of methoxy groups -OCH3 is 1. The molecule has 1 aliphatic rings. The number of aliphatic hydroxyl groups is 1. The first-order chi connectivity index (χ1) is 11.3. The molecule has 0 bridgehead atoms. The quantitative estimate of drug-likeness (QED) is 0.596. The molecular formula is C15H22FN3O6. The summed E-state index contributed by atoms with van der Waals surface area (Å²) >= 11 is 0. The van der Waals surface area contributed by atoms with Gasteiger partial charge >= 0.3 is 11.7 Å². The molecule has 1 aliphatic heterocycles. The second kappa shape index (κ2) is 5.75. The van der Waals surface area contributed by atoms with Crippen molar-refractivity contribution in [1.29, 1.82) is 0 Å². The van der Waals surface area contributed by atoms with Gasteiger partial charge in [0.25, 0.3) is 5.56 Å². The van der Waals surface area contributed by atoms with Gasteiger partial charge in [0.1, 0.15) is 17.2 Å². The van der Waals surface area contributed by atoms with Crippen molar-refractivity contribution in [3.63, 3.8) is 0 Å². The molecule has 4 N–H and O–H groups in total. The molecule has 1 aromatic heterocycles. The van der Waals surface area contributed by atoms with Gasteiger partial charge in [0.15, 0.2) is 11.9 Å². The average Bonchev–Trinajstić information content (AvgIpc) is 2.68. The molecule has 10 heteroatoms. The summed E-state index contributed by atoms with van der Waals surface area (Å²) < 4.78 is 26.4. The number of hydrogen-bond acceptors (Lipinski definition) is 7. The first kappa shape index (κ1) is 19.3. The second-order valence-corrected chi connectivity index (χ2v) is 6.84. The van der Waals surface area contributed by atoms with E-state index in [1.54, 1.807) is 0 Å². The van der Waals surface area contributed by atoms with Gasteiger partial charge in [-0.05, 0) is 27.7 Å². The summed E-state index contributed by atoms with van der Waals surface area (Å²) in [6, 6.07) is 0. The lowest BCUT2D eigenvalue weighted by molar-refractivity contribution is -0.161. The summed E-state index contributed by atoms with van der Waals surface area (Å²) in [6.07, 6.45) is -2.02. The number of halogens is 1. The van der Waals surface area contributed by atoms with Gasteiger partial charge in [0, 0.05) is 11.8 Å². The van der Waals surface area contributed by atoms with E-state index >= 15 is 4.39 Å². The first-order valence-corrected chi connectivity index (χ1v) is 7.54. The fraction of sp³-hybridized carbons (Fsp3) is 0.667. The molecule has 140 valence electrons. The number of alkyl halides is 1. The molecule has 0 spiro atoms. The Morgan fingerprint density at radius 1 is 1.52 bits per heavy atom.